The number of aromatic nitrogens is 4. The molecule has 1 aromatic heterocycles. The Labute approximate surface area is 79.6 Å². The first-order chi connectivity index (χ1) is 6.36. The minimum absolute atomic E-state index is 0.244. The van der Waals surface area contributed by atoms with Gasteiger partial charge >= 0.3 is 0 Å². The lowest BCUT2D eigenvalue weighted by molar-refractivity contribution is 0.881. The van der Waals surface area contributed by atoms with Crippen LogP contribution in [0.2, 0.25) is 0 Å². The monoisotopic (exact) mass is 197 g/mol. The van der Waals surface area contributed by atoms with Crippen molar-refractivity contribution in [1.82, 2.24) is 25.9 Å². The first-order valence-corrected chi connectivity index (χ1v) is 4.78. The maximum atomic E-state index is 4.19. The molecule has 0 saturated carbocycles. The van der Waals surface area contributed by atoms with E-state index in [9.17, 15) is 0 Å². The van der Waals surface area contributed by atoms with Crippen molar-refractivity contribution in [3.8, 4) is 0 Å². The number of aliphatic imine (C=N–C) groups is 1. The van der Waals surface area contributed by atoms with Gasteiger partial charge in [0.05, 0.1) is 11.8 Å². The number of nitrogens with one attached hydrogen (secondary N) is 2. The lowest BCUT2D eigenvalue weighted by atomic mass is 10.4. The molecule has 1 atom stereocenters. The molecule has 2 heterocycles. The minimum Gasteiger partial charge on any atom is -0.371 e. The fourth-order valence-corrected chi connectivity index (χ4v) is 1.78. The van der Waals surface area contributed by atoms with Gasteiger partial charge in [-0.15, -0.1) is 5.10 Å². The molecule has 69 valence electrons. The highest BCUT2D eigenvalue weighted by molar-refractivity contribution is 8.00. The summed E-state index contributed by atoms with van der Waals surface area (Å²) in [5.41, 5.74) is 0. The fourth-order valence-electron chi connectivity index (χ4n) is 1.01. The number of amidine groups is 1. The van der Waals surface area contributed by atoms with Crippen molar-refractivity contribution < 1.29 is 0 Å². The van der Waals surface area contributed by atoms with Crippen LogP contribution in [0.3, 0.4) is 0 Å². The molecule has 0 fully saturated rings. The van der Waals surface area contributed by atoms with Crippen LogP contribution >= 0.6 is 11.8 Å². The summed E-state index contributed by atoms with van der Waals surface area (Å²) >= 11 is 1.54. The molecule has 2 N–H and O–H groups in total. The zero-order chi connectivity index (χ0) is 9.10. The summed E-state index contributed by atoms with van der Waals surface area (Å²) in [6.45, 7) is 4.72. The second-order valence-corrected chi connectivity index (χ2v) is 3.87. The molecular weight excluding hydrogens is 188 g/mol. The first-order valence-electron chi connectivity index (χ1n) is 3.90. The van der Waals surface area contributed by atoms with Gasteiger partial charge in [-0.1, -0.05) is 11.8 Å². The standard InChI is InChI=1S/C6H9N6S/c1-4(5-7-2-3-8-5)13-6-9-11-12-10-6/h2,4H,3H2,1H3,(H,7,8)(H,9,10,11,12). The molecule has 2 rings (SSSR count). The van der Waals surface area contributed by atoms with Crippen molar-refractivity contribution in [2.75, 3.05) is 6.54 Å². The van der Waals surface area contributed by atoms with E-state index in [-0.39, 0.29) is 5.25 Å². The van der Waals surface area contributed by atoms with E-state index < -0.39 is 0 Å². The molecule has 0 bridgehead atoms. The second-order valence-electron chi connectivity index (χ2n) is 2.54. The summed E-state index contributed by atoms with van der Waals surface area (Å²) < 4.78 is 0. The third kappa shape index (κ3) is 1.97. The molecule has 1 aliphatic heterocycles. The van der Waals surface area contributed by atoms with E-state index in [2.05, 4.69) is 37.9 Å². The predicted molar refractivity (Wildman–Crippen MR) is 49.2 cm³/mol. The Kier molecular flexibility index (Phi) is 2.44. The van der Waals surface area contributed by atoms with Crippen LogP contribution in [0.15, 0.2) is 10.1 Å². The fraction of sp³-hybridized carbons (Fsp3) is 0.500. The van der Waals surface area contributed by atoms with Crippen molar-refractivity contribution in [2.45, 2.75) is 17.3 Å². The van der Waals surface area contributed by atoms with Gasteiger partial charge in [0.1, 0.15) is 5.84 Å². The summed E-state index contributed by atoms with van der Waals surface area (Å²) in [7, 11) is 0. The van der Waals surface area contributed by atoms with E-state index in [1.807, 2.05) is 6.54 Å². The van der Waals surface area contributed by atoms with Crippen molar-refractivity contribution in [2.24, 2.45) is 4.99 Å². The normalized spacial score (nSPS) is 18.1. The number of tetrazole rings is 1. The predicted octanol–water partition coefficient (Wildman–Crippen LogP) is -0.156. The Balaban J connectivity index is 1.95. The summed E-state index contributed by atoms with van der Waals surface area (Å²) in [5, 5.41) is 17.6. The van der Waals surface area contributed by atoms with Gasteiger partial charge in [0, 0.05) is 6.54 Å². The Morgan fingerprint density at radius 2 is 2.54 bits per heavy atom. The van der Waals surface area contributed by atoms with Crippen molar-refractivity contribution in [3.63, 3.8) is 0 Å². The zero-order valence-corrected chi connectivity index (χ0v) is 7.88. The van der Waals surface area contributed by atoms with Gasteiger partial charge in [-0.25, -0.2) is 5.10 Å². The number of hydrogen-bond acceptors (Lipinski definition) is 6. The molecule has 1 unspecified atom stereocenters. The van der Waals surface area contributed by atoms with E-state index in [1.54, 1.807) is 11.8 Å². The van der Waals surface area contributed by atoms with E-state index >= 15 is 0 Å². The van der Waals surface area contributed by atoms with Gasteiger partial charge in [-0.05, 0) is 17.4 Å². The summed E-state index contributed by atoms with van der Waals surface area (Å²) in [6, 6.07) is 0. The lowest BCUT2D eigenvalue weighted by Gasteiger charge is -2.08. The van der Waals surface area contributed by atoms with Crippen LogP contribution in [-0.4, -0.2) is 38.3 Å². The Morgan fingerprint density at radius 1 is 1.62 bits per heavy atom. The van der Waals surface area contributed by atoms with Crippen LogP contribution < -0.4 is 5.32 Å². The van der Waals surface area contributed by atoms with Crippen LogP contribution in [-0.2, 0) is 0 Å². The number of nitrogens with zero attached hydrogens (tertiary/aromatic N) is 4. The van der Waals surface area contributed by atoms with Crippen molar-refractivity contribution >= 4 is 17.6 Å². The third-order valence-corrected chi connectivity index (χ3v) is 2.58. The highest BCUT2D eigenvalue weighted by Gasteiger charge is 2.16. The molecule has 0 spiro atoms. The summed E-state index contributed by atoms with van der Waals surface area (Å²) in [6.07, 6.45) is 0. The molecule has 0 saturated heterocycles. The highest BCUT2D eigenvalue weighted by atomic mass is 32.2. The molecule has 1 aliphatic rings. The molecular formula is C6H9N6S. The topological polar surface area (TPSA) is 78.8 Å². The summed E-state index contributed by atoms with van der Waals surface area (Å²) in [5.74, 6) is 0.974. The van der Waals surface area contributed by atoms with Crippen molar-refractivity contribution in [3.05, 3.63) is 6.54 Å². The van der Waals surface area contributed by atoms with Crippen LogP contribution in [0.5, 0.6) is 0 Å². The molecule has 0 aromatic carbocycles. The molecule has 6 nitrogen and oxygen atoms in total. The highest BCUT2D eigenvalue weighted by Crippen LogP contribution is 2.19. The molecule has 1 aromatic rings. The average molecular weight is 197 g/mol. The van der Waals surface area contributed by atoms with E-state index in [0.717, 1.165) is 12.4 Å². The maximum Gasteiger partial charge on any atom is 0.207 e. The third-order valence-electron chi connectivity index (χ3n) is 1.60. The largest absolute Gasteiger partial charge is 0.371 e. The number of thioether (sulfide) groups is 1. The van der Waals surface area contributed by atoms with Gasteiger partial charge < -0.3 is 5.32 Å². The van der Waals surface area contributed by atoms with Crippen LogP contribution in [0.1, 0.15) is 6.92 Å². The SMILES string of the molecule is CC(Sc1nnn[nH]1)C1=N[CH]CN1. The van der Waals surface area contributed by atoms with Gasteiger partial charge in [-0.2, -0.15) is 0 Å². The second kappa shape index (κ2) is 3.73. The summed E-state index contributed by atoms with van der Waals surface area (Å²) in [4.78, 5) is 4.19. The van der Waals surface area contributed by atoms with Crippen LogP contribution in [0.4, 0.5) is 0 Å². The zero-order valence-electron chi connectivity index (χ0n) is 7.06. The molecule has 13 heavy (non-hydrogen) atoms. The van der Waals surface area contributed by atoms with Gasteiger partial charge in [0.25, 0.3) is 0 Å². The number of aromatic amines is 1. The first kappa shape index (κ1) is 8.49. The van der Waals surface area contributed by atoms with Crippen molar-refractivity contribution in [1.29, 1.82) is 0 Å². The van der Waals surface area contributed by atoms with Gasteiger partial charge in [-0.3, -0.25) is 4.99 Å². The van der Waals surface area contributed by atoms with E-state index in [4.69, 9.17) is 0 Å². The van der Waals surface area contributed by atoms with E-state index in [0.29, 0.717) is 5.16 Å². The molecule has 1 radical (unpaired) electrons. The Hall–Kier alpha value is -1.11. The van der Waals surface area contributed by atoms with E-state index in [1.165, 1.54) is 0 Å². The number of hydrogen-bond donors (Lipinski definition) is 2. The molecule has 7 heteroatoms. The molecule has 0 aliphatic carbocycles. The Morgan fingerprint density at radius 3 is 3.15 bits per heavy atom. The van der Waals surface area contributed by atoms with Gasteiger partial charge in [0.15, 0.2) is 0 Å². The quantitative estimate of drug-likeness (QED) is 0.658. The average Bonchev–Trinajstić information content (AvgIpc) is 2.74. The smallest absolute Gasteiger partial charge is 0.207 e. The number of rotatable bonds is 3. The minimum atomic E-state index is 0.244. The maximum absolute atomic E-state index is 4.19. The lowest BCUT2D eigenvalue weighted by Crippen LogP contribution is -2.26. The van der Waals surface area contributed by atoms with Gasteiger partial charge in [0.2, 0.25) is 5.16 Å². The Bertz CT molecular complexity index is 294. The van der Waals surface area contributed by atoms with Crippen LogP contribution in [0.25, 0.3) is 0 Å². The molecule has 0 amide bonds. The van der Waals surface area contributed by atoms with Crippen LogP contribution in [0, 0.1) is 6.54 Å². The number of H-pyrrole nitrogens is 1.